The molecule has 9 N–H and O–H groups in total. The molecule has 0 bridgehead atoms. The maximum Gasteiger partial charge on any atom is 0.326 e. The zero-order valence-electron chi connectivity index (χ0n) is 21.6. The van der Waals surface area contributed by atoms with Crippen LogP contribution in [0.15, 0.2) is 36.8 Å². The van der Waals surface area contributed by atoms with E-state index in [0.717, 1.165) is 0 Å². The number of imidazole rings is 1. The van der Waals surface area contributed by atoms with Crippen molar-refractivity contribution >= 4 is 29.7 Å². The molecule has 0 saturated heterocycles. The van der Waals surface area contributed by atoms with E-state index in [9.17, 15) is 34.2 Å². The fourth-order valence-corrected chi connectivity index (χ4v) is 3.66. The third kappa shape index (κ3) is 10.1. The first kappa shape index (κ1) is 30.8. The molecule has 2 aromatic rings. The number of hydrogen-bond acceptors (Lipinski definition) is 8. The number of aliphatic carboxylic acids is 2. The van der Waals surface area contributed by atoms with Crippen molar-refractivity contribution in [1.29, 1.82) is 0 Å². The minimum Gasteiger partial charge on any atom is -0.508 e. The highest BCUT2D eigenvalue weighted by molar-refractivity contribution is 5.94. The number of carbonyl (C=O) groups excluding carboxylic acids is 3. The van der Waals surface area contributed by atoms with Gasteiger partial charge in [0.2, 0.25) is 17.7 Å². The second kappa shape index (κ2) is 14.5. The number of H-pyrrole nitrogens is 1. The van der Waals surface area contributed by atoms with Crippen LogP contribution in [0, 0.1) is 5.92 Å². The Morgan fingerprint density at radius 2 is 1.54 bits per heavy atom. The van der Waals surface area contributed by atoms with Crippen molar-refractivity contribution in [3.63, 3.8) is 0 Å². The van der Waals surface area contributed by atoms with Crippen LogP contribution >= 0.6 is 0 Å². The number of benzene rings is 1. The number of nitrogens with two attached hydrogens (primary N) is 1. The van der Waals surface area contributed by atoms with Crippen LogP contribution in [-0.2, 0) is 36.8 Å². The Bertz CT molecular complexity index is 1140. The van der Waals surface area contributed by atoms with Crippen LogP contribution in [0.5, 0.6) is 5.75 Å². The summed E-state index contributed by atoms with van der Waals surface area (Å²) < 4.78 is 0. The van der Waals surface area contributed by atoms with Gasteiger partial charge in [-0.1, -0.05) is 26.0 Å². The first-order valence-electron chi connectivity index (χ1n) is 12.2. The monoisotopic (exact) mass is 546 g/mol. The van der Waals surface area contributed by atoms with Gasteiger partial charge in [-0.25, -0.2) is 9.78 Å². The smallest absolute Gasteiger partial charge is 0.326 e. The minimum atomic E-state index is -1.39. The summed E-state index contributed by atoms with van der Waals surface area (Å²) in [6, 6.07) is 1.16. The van der Waals surface area contributed by atoms with Crippen LogP contribution in [0.2, 0.25) is 0 Å². The standard InChI is InChI=1S/C25H34N6O8/c1-13(2)21(25(38)39)31-23(36)18(7-8-20(33)34)29-24(37)19(10-15-11-27-12-28-15)30-22(35)17(26)9-14-3-5-16(32)6-4-14/h3-6,11-13,17-19,21,32H,7-10,26H2,1-2H3,(H,27,28)(H,29,37)(H,30,35)(H,31,36)(H,33,34)(H,38,39). The van der Waals surface area contributed by atoms with Gasteiger partial charge >= 0.3 is 11.9 Å². The number of aromatic amines is 1. The first-order valence-corrected chi connectivity index (χ1v) is 12.2. The van der Waals surface area contributed by atoms with Crippen molar-refractivity contribution in [2.45, 2.75) is 63.7 Å². The molecule has 4 atom stereocenters. The number of carbonyl (C=O) groups is 5. The Labute approximate surface area is 224 Å². The lowest BCUT2D eigenvalue weighted by Gasteiger charge is -2.25. The second-order valence-corrected chi connectivity index (χ2v) is 9.38. The molecule has 14 nitrogen and oxygen atoms in total. The molecule has 0 aliphatic carbocycles. The lowest BCUT2D eigenvalue weighted by atomic mass is 10.0. The second-order valence-electron chi connectivity index (χ2n) is 9.38. The highest BCUT2D eigenvalue weighted by atomic mass is 16.4. The lowest BCUT2D eigenvalue weighted by Crippen LogP contribution is -2.58. The Hall–Kier alpha value is -4.46. The number of nitrogens with one attached hydrogen (secondary N) is 4. The highest BCUT2D eigenvalue weighted by Crippen LogP contribution is 2.11. The van der Waals surface area contributed by atoms with Crippen LogP contribution in [0.4, 0.5) is 0 Å². The molecule has 14 heteroatoms. The predicted octanol–water partition coefficient (Wildman–Crippen LogP) is -0.712. The van der Waals surface area contributed by atoms with Crippen molar-refractivity contribution in [3.05, 3.63) is 48.0 Å². The van der Waals surface area contributed by atoms with E-state index < -0.39 is 66.2 Å². The fourth-order valence-electron chi connectivity index (χ4n) is 3.66. The zero-order valence-corrected chi connectivity index (χ0v) is 21.6. The molecule has 0 fully saturated rings. The van der Waals surface area contributed by atoms with E-state index in [1.807, 2.05) is 0 Å². The third-order valence-electron chi connectivity index (χ3n) is 5.85. The number of amides is 3. The Kier molecular flexibility index (Phi) is 11.4. The van der Waals surface area contributed by atoms with Crippen molar-refractivity contribution in [2.24, 2.45) is 11.7 Å². The van der Waals surface area contributed by atoms with Gasteiger partial charge in [0.25, 0.3) is 0 Å². The first-order chi connectivity index (χ1) is 18.4. The summed E-state index contributed by atoms with van der Waals surface area (Å²) in [4.78, 5) is 68.4. The summed E-state index contributed by atoms with van der Waals surface area (Å²) in [6.07, 6.45) is 2.08. The normalized spacial score (nSPS) is 14.1. The molecule has 212 valence electrons. The number of carboxylic acid groups (broad SMARTS) is 2. The van der Waals surface area contributed by atoms with Gasteiger partial charge in [0.1, 0.15) is 23.9 Å². The van der Waals surface area contributed by atoms with Crippen molar-refractivity contribution in [1.82, 2.24) is 25.9 Å². The van der Waals surface area contributed by atoms with Crippen molar-refractivity contribution in [3.8, 4) is 5.75 Å². The molecule has 1 aromatic carbocycles. The summed E-state index contributed by atoms with van der Waals surface area (Å²) in [7, 11) is 0. The van der Waals surface area contributed by atoms with Crippen molar-refractivity contribution < 1.29 is 39.3 Å². The van der Waals surface area contributed by atoms with E-state index in [0.29, 0.717) is 11.3 Å². The molecule has 3 amide bonds. The molecular formula is C25H34N6O8. The topological polar surface area (TPSA) is 237 Å². The SMILES string of the molecule is CC(C)C(NC(=O)C(CCC(=O)O)NC(=O)C(Cc1cnc[nH]1)NC(=O)C(N)Cc1ccc(O)cc1)C(=O)O. The van der Waals surface area contributed by atoms with Crippen molar-refractivity contribution in [2.75, 3.05) is 0 Å². The van der Waals surface area contributed by atoms with E-state index in [1.54, 1.807) is 26.0 Å². The molecule has 39 heavy (non-hydrogen) atoms. The van der Waals surface area contributed by atoms with Gasteiger partial charge in [-0.2, -0.15) is 0 Å². The number of hydrogen-bond donors (Lipinski definition) is 8. The molecule has 0 spiro atoms. The molecule has 0 aliphatic rings. The number of carboxylic acids is 2. The molecule has 0 aliphatic heterocycles. The molecule has 1 heterocycles. The summed E-state index contributed by atoms with van der Waals surface area (Å²) in [5.74, 6) is -5.28. The number of phenolic OH excluding ortho intramolecular Hbond substituents is 1. The van der Waals surface area contributed by atoms with E-state index in [2.05, 4.69) is 25.9 Å². The van der Waals surface area contributed by atoms with E-state index in [1.165, 1.54) is 24.7 Å². The third-order valence-corrected chi connectivity index (χ3v) is 5.85. The largest absolute Gasteiger partial charge is 0.508 e. The Morgan fingerprint density at radius 1 is 0.923 bits per heavy atom. The lowest BCUT2D eigenvalue weighted by molar-refractivity contribution is -0.144. The average Bonchev–Trinajstić information content (AvgIpc) is 3.38. The molecule has 2 rings (SSSR count). The van der Waals surface area contributed by atoms with Gasteiger partial charge in [-0.3, -0.25) is 19.2 Å². The number of rotatable bonds is 15. The van der Waals surface area contributed by atoms with Crippen LogP contribution in [0.3, 0.4) is 0 Å². The van der Waals surface area contributed by atoms with E-state index in [-0.39, 0.29) is 25.0 Å². The van der Waals surface area contributed by atoms with Crippen LogP contribution in [0.1, 0.15) is 37.9 Å². The molecule has 0 saturated carbocycles. The maximum atomic E-state index is 13.3. The number of aromatic nitrogens is 2. The van der Waals surface area contributed by atoms with Crippen LogP contribution in [0.25, 0.3) is 0 Å². The van der Waals surface area contributed by atoms with Gasteiger partial charge in [-0.15, -0.1) is 0 Å². The van der Waals surface area contributed by atoms with Gasteiger partial charge < -0.3 is 42.0 Å². The summed E-state index contributed by atoms with van der Waals surface area (Å²) >= 11 is 0. The van der Waals surface area contributed by atoms with E-state index >= 15 is 0 Å². The number of nitrogens with zero attached hydrogens (tertiary/aromatic N) is 1. The summed E-state index contributed by atoms with van der Waals surface area (Å²) in [5, 5.41) is 35.3. The highest BCUT2D eigenvalue weighted by Gasteiger charge is 2.32. The Balaban J connectivity index is 2.19. The molecule has 0 radical (unpaired) electrons. The number of phenols is 1. The Morgan fingerprint density at radius 3 is 2.08 bits per heavy atom. The minimum absolute atomic E-state index is 0.0534. The van der Waals surface area contributed by atoms with E-state index in [4.69, 9.17) is 10.8 Å². The summed E-state index contributed by atoms with van der Waals surface area (Å²) in [6.45, 7) is 3.17. The molecular weight excluding hydrogens is 512 g/mol. The zero-order chi connectivity index (χ0) is 29.1. The predicted molar refractivity (Wildman–Crippen MR) is 137 cm³/mol. The van der Waals surface area contributed by atoms with Gasteiger partial charge in [0, 0.05) is 24.7 Å². The quantitative estimate of drug-likeness (QED) is 0.140. The molecule has 4 unspecified atom stereocenters. The average molecular weight is 547 g/mol. The molecule has 1 aromatic heterocycles. The van der Waals surface area contributed by atoms with Gasteiger partial charge in [-0.05, 0) is 36.5 Å². The van der Waals surface area contributed by atoms with Crippen LogP contribution in [-0.4, -0.2) is 79.1 Å². The maximum absolute atomic E-state index is 13.3. The van der Waals surface area contributed by atoms with Crippen LogP contribution < -0.4 is 21.7 Å². The van der Waals surface area contributed by atoms with Gasteiger partial charge in [0.05, 0.1) is 12.4 Å². The summed E-state index contributed by atoms with van der Waals surface area (Å²) in [5.41, 5.74) is 7.20. The fraction of sp³-hybridized carbons (Fsp3) is 0.440. The van der Waals surface area contributed by atoms with Gasteiger partial charge in [0.15, 0.2) is 0 Å². The number of aromatic hydroxyl groups is 1.